The fourth-order valence-electron chi connectivity index (χ4n) is 1.46. The summed E-state index contributed by atoms with van der Waals surface area (Å²) < 4.78 is 0. The quantitative estimate of drug-likeness (QED) is 0.706. The summed E-state index contributed by atoms with van der Waals surface area (Å²) in [6.07, 6.45) is 2.19. The third-order valence-corrected chi connectivity index (χ3v) is 2.14. The first kappa shape index (κ1) is 11.2. The van der Waals surface area contributed by atoms with E-state index in [-0.39, 0.29) is 0 Å². The molecule has 0 amide bonds. The number of hydrogen-bond acceptors (Lipinski definition) is 3. The number of likely N-dealkylation sites (N-methyl/N-ethyl adjacent to an activating group) is 1. The molecule has 0 aliphatic rings. The van der Waals surface area contributed by atoms with Crippen molar-refractivity contribution in [3.8, 4) is 0 Å². The largest absolute Gasteiger partial charge is 0.329 e. The second kappa shape index (κ2) is 5.78. The Labute approximate surface area is 85.5 Å². The summed E-state index contributed by atoms with van der Waals surface area (Å²) in [6.45, 7) is 4.68. The lowest BCUT2D eigenvalue weighted by atomic mass is 10.2. The van der Waals surface area contributed by atoms with E-state index in [1.165, 1.54) is 5.69 Å². The molecule has 0 saturated heterocycles. The maximum absolute atomic E-state index is 5.47. The van der Waals surface area contributed by atoms with Crippen LogP contribution in [0.25, 0.3) is 0 Å². The van der Waals surface area contributed by atoms with Gasteiger partial charge in [-0.05, 0) is 19.5 Å². The Morgan fingerprint density at radius 3 is 3.00 bits per heavy atom. The minimum Gasteiger partial charge on any atom is -0.329 e. The third-order valence-electron chi connectivity index (χ3n) is 2.14. The van der Waals surface area contributed by atoms with Gasteiger partial charge in [0.05, 0.1) is 5.69 Å². The van der Waals surface area contributed by atoms with E-state index < -0.39 is 0 Å². The number of nitrogens with zero attached hydrogens (tertiary/aromatic N) is 2. The Balaban J connectivity index is 2.42. The number of aromatic amines is 1. The van der Waals surface area contributed by atoms with Gasteiger partial charge in [-0.25, -0.2) is 0 Å². The Morgan fingerprint density at radius 2 is 2.36 bits per heavy atom. The van der Waals surface area contributed by atoms with Crippen molar-refractivity contribution in [1.29, 1.82) is 0 Å². The highest BCUT2D eigenvalue weighted by molar-refractivity contribution is 5.08. The van der Waals surface area contributed by atoms with Gasteiger partial charge < -0.3 is 5.73 Å². The molecule has 1 heterocycles. The predicted molar refractivity (Wildman–Crippen MR) is 58.0 cm³/mol. The van der Waals surface area contributed by atoms with Gasteiger partial charge in [0, 0.05) is 25.3 Å². The number of nitrogens with one attached hydrogen (secondary N) is 1. The van der Waals surface area contributed by atoms with Crippen LogP contribution in [0, 0.1) is 0 Å². The van der Waals surface area contributed by atoms with E-state index in [1.54, 1.807) is 0 Å². The molecule has 14 heavy (non-hydrogen) atoms. The highest BCUT2D eigenvalue weighted by Gasteiger charge is 2.03. The van der Waals surface area contributed by atoms with E-state index in [2.05, 4.69) is 35.1 Å². The standard InChI is InChI=1S/C10H20N4/c1-3-4-9-7-10(13-12-9)8-14(2)6-5-11/h7H,3-6,8,11H2,1-2H3,(H,12,13). The van der Waals surface area contributed by atoms with Crippen LogP contribution in [-0.2, 0) is 13.0 Å². The van der Waals surface area contributed by atoms with E-state index in [4.69, 9.17) is 5.73 Å². The van der Waals surface area contributed by atoms with E-state index in [9.17, 15) is 0 Å². The molecule has 1 rings (SSSR count). The lowest BCUT2D eigenvalue weighted by molar-refractivity contribution is 0.332. The van der Waals surface area contributed by atoms with Gasteiger partial charge in [-0.1, -0.05) is 13.3 Å². The van der Waals surface area contributed by atoms with Gasteiger partial charge in [0.15, 0.2) is 0 Å². The maximum Gasteiger partial charge on any atom is 0.0625 e. The van der Waals surface area contributed by atoms with Crippen LogP contribution < -0.4 is 5.73 Å². The van der Waals surface area contributed by atoms with Crippen molar-refractivity contribution >= 4 is 0 Å². The summed E-state index contributed by atoms with van der Waals surface area (Å²) in [6, 6.07) is 2.14. The number of rotatable bonds is 6. The molecule has 0 aromatic carbocycles. The van der Waals surface area contributed by atoms with Crippen molar-refractivity contribution in [2.75, 3.05) is 20.1 Å². The zero-order chi connectivity index (χ0) is 10.4. The van der Waals surface area contributed by atoms with Crippen LogP contribution in [-0.4, -0.2) is 35.2 Å². The van der Waals surface area contributed by atoms with Crippen LogP contribution in [0.15, 0.2) is 6.07 Å². The van der Waals surface area contributed by atoms with Gasteiger partial charge in [0.25, 0.3) is 0 Å². The van der Waals surface area contributed by atoms with Gasteiger partial charge in [-0.3, -0.25) is 10.00 Å². The summed E-state index contributed by atoms with van der Waals surface area (Å²) in [5, 5.41) is 7.28. The fraction of sp³-hybridized carbons (Fsp3) is 0.700. The van der Waals surface area contributed by atoms with E-state index in [1.807, 2.05) is 0 Å². The zero-order valence-corrected chi connectivity index (χ0v) is 9.08. The van der Waals surface area contributed by atoms with Crippen LogP contribution >= 0.6 is 0 Å². The molecule has 80 valence electrons. The molecule has 0 saturated carbocycles. The number of aromatic nitrogens is 2. The maximum atomic E-state index is 5.47. The first-order valence-corrected chi connectivity index (χ1v) is 5.18. The Hall–Kier alpha value is -0.870. The monoisotopic (exact) mass is 196 g/mol. The number of hydrogen-bond donors (Lipinski definition) is 2. The molecule has 0 unspecified atom stereocenters. The van der Waals surface area contributed by atoms with Crippen LogP contribution in [0.2, 0.25) is 0 Å². The van der Waals surface area contributed by atoms with Gasteiger partial charge >= 0.3 is 0 Å². The molecular formula is C10H20N4. The number of H-pyrrole nitrogens is 1. The van der Waals surface area contributed by atoms with Crippen molar-refractivity contribution < 1.29 is 0 Å². The van der Waals surface area contributed by atoms with E-state index >= 15 is 0 Å². The SMILES string of the molecule is CCCc1cc(CN(C)CCN)[nH]n1. The van der Waals surface area contributed by atoms with Crippen molar-refractivity contribution in [1.82, 2.24) is 15.1 Å². The minimum absolute atomic E-state index is 0.701. The molecule has 0 radical (unpaired) electrons. The van der Waals surface area contributed by atoms with Crippen LogP contribution in [0.3, 0.4) is 0 Å². The normalized spacial score (nSPS) is 11.1. The van der Waals surface area contributed by atoms with Crippen molar-refractivity contribution in [3.63, 3.8) is 0 Å². The Morgan fingerprint density at radius 1 is 1.57 bits per heavy atom. The summed E-state index contributed by atoms with van der Waals surface area (Å²) >= 11 is 0. The molecule has 1 aromatic heterocycles. The minimum atomic E-state index is 0.701. The van der Waals surface area contributed by atoms with Crippen molar-refractivity contribution in [2.45, 2.75) is 26.3 Å². The lowest BCUT2D eigenvalue weighted by Gasteiger charge is -2.13. The van der Waals surface area contributed by atoms with Crippen molar-refractivity contribution in [2.24, 2.45) is 5.73 Å². The molecule has 0 spiro atoms. The average molecular weight is 196 g/mol. The van der Waals surface area contributed by atoms with Crippen LogP contribution in [0.1, 0.15) is 24.7 Å². The summed E-state index contributed by atoms with van der Waals surface area (Å²) in [5.74, 6) is 0. The number of aryl methyl sites for hydroxylation is 1. The van der Waals surface area contributed by atoms with E-state index in [0.717, 1.165) is 31.6 Å². The molecule has 0 bridgehead atoms. The summed E-state index contributed by atoms with van der Waals surface area (Å²) in [5.41, 5.74) is 7.80. The lowest BCUT2D eigenvalue weighted by Crippen LogP contribution is -2.25. The van der Waals surface area contributed by atoms with Crippen molar-refractivity contribution in [3.05, 3.63) is 17.5 Å². The first-order chi connectivity index (χ1) is 6.76. The Bertz CT molecular complexity index is 256. The molecule has 1 aromatic rings. The summed E-state index contributed by atoms with van der Waals surface area (Å²) in [7, 11) is 2.06. The van der Waals surface area contributed by atoms with Crippen LogP contribution in [0.5, 0.6) is 0 Å². The highest BCUT2D eigenvalue weighted by atomic mass is 15.2. The fourth-order valence-corrected chi connectivity index (χ4v) is 1.46. The molecular weight excluding hydrogens is 176 g/mol. The molecule has 0 aliphatic carbocycles. The molecule has 0 aliphatic heterocycles. The van der Waals surface area contributed by atoms with Gasteiger partial charge in [-0.2, -0.15) is 5.10 Å². The van der Waals surface area contributed by atoms with Crippen LogP contribution in [0.4, 0.5) is 0 Å². The molecule has 0 atom stereocenters. The third kappa shape index (κ3) is 3.47. The molecule has 4 heteroatoms. The second-order valence-corrected chi connectivity index (χ2v) is 3.66. The molecule has 3 N–H and O–H groups in total. The van der Waals surface area contributed by atoms with Gasteiger partial charge in [0.2, 0.25) is 0 Å². The van der Waals surface area contributed by atoms with Gasteiger partial charge in [-0.15, -0.1) is 0 Å². The number of nitrogens with two attached hydrogens (primary N) is 1. The molecule has 0 fully saturated rings. The smallest absolute Gasteiger partial charge is 0.0625 e. The highest BCUT2D eigenvalue weighted by Crippen LogP contribution is 2.04. The summed E-state index contributed by atoms with van der Waals surface area (Å²) in [4.78, 5) is 2.18. The average Bonchev–Trinajstić information content (AvgIpc) is 2.53. The van der Waals surface area contributed by atoms with E-state index in [0.29, 0.717) is 6.54 Å². The Kier molecular flexibility index (Phi) is 4.62. The second-order valence-electron chi connectivity index (χ2n) is 3.66. The zero-order valence-electron chi connectivity index (χ0n) is 9.08. The topological polar surface area (TPSA) is 57.9 Å². The predicted octanol–water partition coefficient (Wildman–Crippen LogP) is 0.753. The van der Waals surface area contributed by atoms with Gasteiger partial charge in [0.1, 0.15) is 0 Å². The molecule has 4 nitrogen and oxygen atoms in total. The first-order valence-electron chi connectivity index (χ1n) is 5.18.